The van der Waals surface area contributed by atoms with Crippen molar-refractivity contribution in [3.8, 4) is 0 Å². The smallest absolute Gasteiger partial charge is 0.469 e. The van der Waals surface area contributed by atoms with Crippen LogP contribution in [0, 0.1) is 11.3 Å². The first-order valence-corrected chi connectivity index (χ1v) is 12.3. The van der Waals surface area contributed by atoms with E-state index >= 15 is 0 Å². The molecule has 0 aromatic carbocycles. The molecule has 0 bridgehead atoms. The number of phosphoric ester groups is 1. The van der Waals surface area contributed by atoms with Crippen molar-refractivity contribution in [2.45, 2.75) is 59.1 Å². The minimum absolute atomic E-state index is 0.00376. The zero-order valence-electron chi connectivity index (χ0n) is 20.2. The second-order valence-corrected chi connectivity index (χ2v) is 10.2. The maximum Gasteiger partial charge on any atom is 0.478 e. The molecule has 1 heterocycles. The standard InChI is InChI=1S/C20H35N2O11P/c1-13(2)16(21)19(26)29-10-6-7-15(24)30-12-32-34(27)31-11-20(3,4)17(33-34)18(25)22-9-8-14(23)28-5/h13,16-17H,6-12,21H2,1-5H3,(H,22,25)/t16-,17-,34?/m0/s1. The molecule has 1 amide bonds. The van der Waals surface area contributed by atoms with Gasteiger partial charge in [0, 0.05) is 18.4 Å². The quantitative estimate of drug-likeness (QED) is 0.118. The van der Waals surface area contributed by atoms with Crippen molar-refractivity contribution < 1.29 is 51.5 Å². The molecule has 0 aliphatic carbocycles. The third-order valence-corrected chi connectivity index (χ3v) is 6.16. The highest BCUT2D eigenvalue weighted by molar-refractivity contribution is 7.48. The first-order valence-electron chi connectivity index (χ1n) is 10.8. The van der Waals surface area contributed by atoms with Gasteiger partial charge in [0.15, 0.2) is 6.10 Å². The summed E-state index contributed by atoms with van der Waals surface area (Å²) in [5.41, 5.74) is 4.81. The molecule has 1 rings (SSSR count). The minimum Gasteiger partial charge on any atom is -0.469 e. The van der Waals surface area contributed by atoms with Gasteiger partial charge >= 0.3 is 25.7 Å². The zero-order chi connectivity index (χ0) is 25.9. The molecule has 34 heavy (non-hydrogen) atoms. The van der Waals surface area contributed by atoms with Crippen molar-refractivity contribution in [3.05, 3.63) is 0 Å². The van der Waals surface area contributed by atoms with Crippen LogP contribution < -0.4 is 11.1 Å². The molecular weight excluding hydrogens is 475 g/mol. The molecule has 1 aliphatic rings. The van der Waals surface area contributed by atoms with E-state index in [1.165, 1.54) is 7.11 Å². The van der Waals surface area contributed by atoms with Crippen LogP contribution in [-0.4, -0.2) is 69.6 Å². The lowest BCUT2D eigenvalue weighted by Gasteiger charge is -2.39. The van der Waals surface area contributed by atoms with Crippen molar-refractivity contribution in [1.29, 1.82) is 0 Å². The first-order chi connectivity index (χ1) is 15.8. The van der Waals surface area contributed by atoms with Crippen LogP contribution in [0.15, 0.2) is 0 Å². The van der Waals surface area contributed by atoms with Crippen LogP contribution in [0.4, 0.5) is 0 Å². The number of rotatable bonds is 13. The Bertz CT molecular complexity index is 772. The highest BCUT2D eigenvalue weighted by Crippen LogP contribution is 2.57. The Hall–Kier alpha value is -2.05. The molecule has 3 N–H and O–H groups in total. The third-order valence-electron chi connectivity index (χ3n) is 4.82. The van der Waals surface area contributed by atoms with Crippen LogP contribution in [0.3, 0.4) is 0 Å². The monoisotopic (exact) mass is 510 g/mol. The number of amides is 1. The van der Waals surface area contributed by atoms with Crippen molar-refractivity contribution in [2.24, 2.45) is 17.1 Å². The Morgan fingerprint density at radius 3 is 2.44 bits per heavy atom. The Balaban J connectivity index is 2.42. The molecule has 1 unspecified atom stereocenters. The van der Waals surface area contributed by atoms with Crippen molar-refractivity contribution in [2.75, 3.05) is 33.7 Å². The molecule has 0 radical (unpaired) electrons. The maximum atomic E-state index is 12.7. The molecule has 14 heteroatoms. The van der Waals surface area contributed by atoms with Gasteiger partial charge in [0.05, 0.1) is 26.7 Å². The van der Waals surface area contributed by atoms with Crippen LogP contribution in [-0.2, 0) is 51.5 Å². The summed E-state index contributed by atoms with van der Waals surface area (Å²) in [5, 5.41) is 2.51. The number of hydrogen-bond donors (Lipinski definition) is 2. The Labute approximate surface area is 198 Å². The SMILES string of the molecule is COC(=O)CCNC(=O)[C@@H]1OP(=O)(OCOC(=O)CCCOC(=O)[C@@H](N)C(C)C)OCC1(C)C. The molecule has 196 valence electrons. The summed E-state index contributed by atoms with van der Waals surface area (Å²) < 4.78 is 42.5. The molecule has 1 fully saturated rings. The zero-order valence-corrected chi connectivity index (χ0v) is 21.1. The second kappa shape index (κ2) is 13.7. The summed E-state index contributed by atoms with van der Waals surface area (Å²) in [6.45, 7) is 6.04. The van der Waals surface area contributed by atoms with E-state index in [0.29, 0.717) is 0 Å². The van der Waals surface area contributed by atoms with E-state index in [1.807, 2.05) is 0 Å². The van der Waals surface area contributed by atoms with E-state index in [4.69, 9.17) is 28.8 Å². The van der Waals surface area contributed by atoms with Crippen LogP contribution in [0.5, 0.6) is 0 Å². The average Bonchev–Trinajstić information content (AvgIpc) is 2.77. The molecule has 3 atom stereocenters. The topological polar surface area (TPSA) is 179 Å². The van der Waals surface area contributed by atoms with E-state index < -0.39 is 56.0 Å². The normalized spacial score (nSPS) is 22.5. The number of phosphoric acid groups is 1. The van der Waals surface area contributed by atoms with Crippen LogP contribution in [0.25, 0.3) is 0 Å². The van der Waals surface area contributed by atoms with Crippen molar-refractivity contribution in [3.63, 3.8) is 0 Å². The molecule has 0 spiro atoms. The predicted molar refractivity (Wildman–Crippen MR) is 117 cm³/mol. The van der Waals surface area contributed by atoms with E-state index in [0.717, 1.165) is 0 Å². The number of esters is 3. The van der Waals surface area contributed by atoms with Gasteiger partial charge < -0.3 is 25.3 Å². The largest absolute Gasteiger partial charge is 0.478 e. The lowest BCUT2D eigenvalue weighted by molar-refractivity contribution is -0.157. The Morgan fingerprint density at radius 1 is 1.15 bits per heavy atom. The molecule has 1 aliphatic heterocycles. The number of carbonyl (C=O) groups excluding carboxylic acids is 4. The number of methoxy groups -OCH3 is 1. The van der Waals surface area contributed by atoms with Gasteiger partial charge in [-0.3, -0.25) is 28.2 Å². The second-order valence-electron chi connectivity index (χ2n) is 8.62. The maximum absolute atomic E-state index is 12.7. The van der Waals surface area contributed by atoms with Gasteiger partial charge in [0.1, 0.15) is 6.04 Å². The van der Waals surface area contributed by atoms with Crippen molar-refractivity contribution >= 4 is 31.6 Å². The van der Waals surface area contributed by atoms with Crippen LogP contribution in [0.2, 0.25) is 0 Å². The van der Waals surface area contributed by atoms with E-state index in [9.17, 15) is 23.7 Å². The van der Waals surface area contributed by atoms with Crippen LogP contribution in [0.1, 0.15) is 47.0 Å². The van der Waals surface area contributed by atoms with Gasteiger partial charge in [-0.25, -0.2) is 9.09 Å². The molecule has 13 nitrogen and oxygen atoms in total. The minimum atomic E-state index is -4.19. The fraction of sp³-hybridized carbons (Fsp3) is 0.800. The first kappa shape index (κ1) is 30.0. The summed E-state index contributed by atoms with van der Waals surface area (Å²) in [6, 6.07) is -0.739. The number of nitrogens with two attached hydrogens (primary N) is 1. The Morgan fingerprint density at radius 2 is 1.82 bits per heavy atom. The summed E-state index contributed by atoms with van der Waals surface area (Å²) in [4.78, 5) is 47.1. The lowest BCUT2D eigenvalue weighted by atomic mass is 9.87. The highest BCUT2D eigenvalue weighted by Gasteiger charge is 2.49. The molecule has 1 saturated heterocycles. The van der Waals surface area contributed by atoms with Gasteiger partial charge in [-0.05, 0) is 12.3 Å². The van der Waals surface area contributed by atoms with E-state index in [-0.39, 0.29) is 44.9 Å². The summed E-state index contributed by atoms with van der Waals surface area (Å²) in [7, 11) is -2.96. The van der Waals surface area contributed by atoms with Gasteiger partial charge in [-0.15, -0.1) is 0 Å². The number of hydrogen-bond acceptors (Lipinski definition) is 12. The summed E-state index contributed by atoms with van der Waals surface area (Å²) in [5.74, 6) is -2.42. The fourth-order valence-electron chi connectivity index (χ4n) is 2.56. The molecule has 0 aromatic rings. The molecule has 0 aromatic heterocycles. The highest BCUT2D eigenvalue weighted by atomic mass is 31.2. The molecular formula is C20H35N2O11P. The molecule has 0 saturated carbocycles. The van der Waals surface area contributed by atoms with Gasteiger partial charge in [-0.1, -0.05) is 27.7 Å². The van der Waals surface area contributed by atoms with E-state index in [2.05, 4.69) is 10.1 Å². The lowest BCUT2D eigenvalue weighted by Crippen LogP contribution is -2.50. The van der Waals surface area contributed by atoms with Gasteiger partial charge in [0.2, 0.25) is 12.7 Å². The van der Waals surface area contributed by atoms with Crippen LogP contribution >= 0.6 is 7.82 Å². The third kappa shape index (κ3) is 10.1. The Kier molecular flexibility index (Phi) is 12.1. The average molecular weight is 510 g/mol. The van der Waals surface area contributed by atoms with E-state index in [1.54, 1.807) is 27.7 Å². The van der Waals surface area contributed by atoms with Crippen molar-refractivity contribution in [1.82, 2.24) is 5.32 Å². The summed E-state index contributed by atoms with van der Waals surface area (Å²) >= 11 is 0. The fourth-order valence-corrected chi connectivity index (χ4v) is 4.07. The number of nitrogens with one attached hydrogen (secondary N) is 1. The number of ether oxygens (including phenoxy) is 3. The number of carbonyl (C=O) groups is 4. The van der Waals surface area contributed by atoms with Gasteiger partial charge in [-0.2, -0.15) is 0 Å². The van der Waals surface area contributed by atoms with Gasteiger partial charge in [0.25, 0.3) is 0 Å². The summed E-state index contributed by atoms with van der Waals surface area (Å²) in [6.07, 6.45) is -1.13. The predicted octanol–water partition coefficient (Wildman–Crippen LogP) is 1.04.